The molecule has 0 saturated carbocycles. The Morgan fingerprint density at radius 1 is 1.12 bits per heavy atom. The summed E-state index contributed by atoms with van der Waals surface area (Å²) in [5.41, 5.74) is 0.884. The molecule has 8 nitrogen and oxygen atoms in total. The van der Waals surface area contributed by atoms with Crippen molar-refractivity contribution in [2.75, 3.05) is 0 Å². The molecule has 1 heterocycles. The van der Waals surface area contributed by atoms with Gasteiger partial charge in [-0.1, -0.05) is 44.2 Å². The molecule has 2 rings (SSSR count). The van der Waals surface area contributed by atoms with E-state index in [0.717, 1.165) is 10.2 Å². The van der Waals surface area contributed by atoms with Crippen LogP contribution in [-0.4, -0.2) is 26.6 Å². The van der Waals surface area contributed by atoms with Crippen molar-refractivity contribution in [2.45, 2.75) is 35.4 Å². The highest BCUT2D eigenvalue weighted by molar-refractivity contribution is 7.91. The number of benzene rings is 1. The summed E-state index contributed by atoms with van der Waals surface area (Å²) in [5.74, 6) is 0. The fraction of sp³-hybridized carbons (Fsp3) is 0.385. The molecule has 0 radical (unpaired) electrons. The molecule has 132 valence electrons. The lowest BCUT2D eigenvalue weighted by Crippen LogP contribution is -2.15. The van der Waals surface area contributed by atoms with Gasteiger partial charge >= 0.3 is 0 Å². The van der Waals surface area contributed by atoms with E-state index in [1.54, 1.807) is 12.1 Å². The SMILES string of the molecule is Cn1nc(S(N)(=O)=O)s/c1=N\S(=O)(=O)c1ccc(C(C)(C)C)cc1. The summed E-state index contributed by atoms with van der Waals surface area (Å²) in [6.07, 6.45) is 0. The average molecular weight is 391 g/mol. The number of aryl methyl sites for hydroxylation is 1. The minimum absolute atomic E-state index is 0.0149. The van der Waals surface area contributed by atoms with Crippen molar-refractivity contribution in [1.29, 1.82) is 0 Å². The molecule has 0 spiro atoms. The van der Waals surface area contributed by atoms with Crippen LogP contribution in [0.15, 0.2) is 37.9 Å². The van der Waals surface area contributed by atoms with Crippen LogP contribution < -0.4 is 9.94 Å². The van der Waals surface area contributed by atoms with Crippen LogP contribution in [0.5, 0.6) is 0 Å². The van der Waals surface area contributed by atoms with E-state index in [1.807, 2.05) is 20.8 Å². The third-order valence-electron chi connectivity index (χ3n) is 3.15. The summed E-state index contributed by atoms with van der Waals surface area (Å²) >= 11 is 0.588. The Labute approximate surface area is 144 Å². The molecule has 0 fully saturated rings. The lowest BCUT2D eigenvalue weighted by molar-refractivity contribution is 0.585. The minimum atomic E-state index is -4.01. The van der Waals surface area contributed by atoms with Crippen LogP contribution in [0.4, 0.5) is 0 Å². The third kappa shape index (κ3) is 4.09. The summed E-state index contributed by atoms with van der Waals surface area (Å²) < 4.78 is 51.7. The molecule has 24 heavy (non-hydrogen) atoms. The second-order valence-corrected chi connectivity index (χ2v) is 10.5. The Hall–Kier alpha value is -1.56. The van der Waals surface area contributed by atoms with E-state index in [0.29, 0.717) is 11.3 Å². The average Bonchev–Trinajstić information content (AvgIpc) is 2.79. The first kappa shape index (κ1) is 18.8. The molecule has 1 aromatic heterocycles. The van der Waals surface area contributed by atoms with Gasteiger partial charge < -0.3 is 0 Å². The molecule has 11 heteroatoms. The van der Waals surface area contributed by atoms with E-state index in [9.17, 15) is 16.8 Å². The highest BCUT2D eigenvalue weighted by Crippen LogP contribution is 2.23. The molecule has 2 aromatic rings. The molecule has 2 N–H and O–H groups in total. The monoisotopic (exact) mass is 390 g/mol. The van der Waals surface area contributed by atoms with Crippen LogP contribution in [0.1, 0.15) is 26.3 Å². The topological polar surface area (TPSA) is 124 Å². The smallest absolute Gasteiger partial charge is 0.239 e. The van der Waals surface area contributed by atoms with Gasteiger partial charge in [0, 0.05) is 7.05 Å². The van der Waals surface area contributed by atoms with Crippen molar-refractivity contribution >= 4 is 31.4 Å². The van der Waals surface area contributed by atoms with E-state index in [4.69, 9.17) is 5.14 Å². The summed E-state index contributed by atoms with van der Waals surface area (Å²) in [7, 11) is -6.62. The van der Waals surface area contributed by atoms with Gasteiger partial charge in [-0.05, 0) is 23.1 Å². The van der Waals surface area contributed by atoms with Gasteiger partial charge in [0.2, 0.25) is 9.14 Å². The Morgan fingerprint density at radius 2 is 1.67 bits per heavy atom. The first-order valence-corrected chi connectivity index (χ1v) is 10.6. The molecule has 0 aliphatic rings. The van der Waals surface area contributed by atoms with Gasteiger partial charge in [-0.25, -0.2) is 18.2 Å². The lowest BCUT2D eigenvalue weighted by Gasteiger charge is -2.18. The third-order valence-corrected chi connectivity index (χ3v) is 6.85. The Balaban J connectivity index is 2.51. The molecule has 0 bridgehead atoms. The number of sulfonamides is 2. The number of nitrogens with two attached hydrogens (primary N) is 1. The van der Waals surface area contributed by atoms with E-state index < -0.39 is 24.4 Å². The summed E-state index contributed by atoms with van der Waals surface area (Å²) in [6.45, 7) is 6.06. The Bertz CT molecular complexity index is 1020. The standard InChI is InChI=1S/C13H18N4O4S3/c1-13(2,3)9-5-7-10(8-6-9)24(20,21)16-11-17(4)15-12(22-11)23(14,18)19/h5-8H,1-4H3,(H2,14,18,19)/b16-11-. The van der Waals surface area contributed by atoms with Crippen LogP contribution in [0.25, 0.3) is 0 Å². The van der Waals surface area contributed by atoms with Gasteiger partial charge in [-0.15, -0.1) is 9.50 Å². The largest absolute Gasteiger partial charge is 0.285 e. The zero-order valence-corrected chi connectivity index (χ0v) is 16.0. The van der Waals surface area contributed by atoms with Crippen LogP contribution >= 0.6 is 11.3 Å². The fourth-order valence-corrected chi connectivity index (χ4v) is 4.57. The zero-order chi connectivity index (χ0) is 18.3. The number of nitrogens with zero attached hydrogens (tertiary/aromatic N) is 3. The quantitative estimate of drug-likeness (QED) is 0.826. The predicted octanol–water partition coefficient (Wildman–Crippen LogP) is 0.716. The van der Waals surface area contributed by atoms with Crippen LogP contribution in [0, 0.1) is 0 Å². The number of rotatable bonds is 3. The van der Waals surface area contributed by atoms with Gasteiger partial charge in [0.25, 0.3) is 20.0 Å². The lowest BCUT2D eigenvalue weighted by atomic mass is 9.87. The van der Waals surface area contributed by atoms with Gasteiger partial charge in [0.05, 0.1) is 4.90 Å². The van der Waals surface area contributed by atoms with Crippen molar-refractivity contribution in [3.05, 3.63) is 34.6 Å². The number of hydrogen-bond donors (Lipinski definition) is 1. The van der Waals surface area contributed by atoms with Crippen molar-refractivity contribution in [3.8, 4) is 0 Å². The maximum absolute atomic E-state index is 12.4. The summed E-state index contributed by atoms with van der Waals surface area (Å²) in [6, 6.07) is 6.40. The molecular formula is C13H18N4O4S3. The van der Waals surface area contributed by atoms with Crippen LogP contribution in [0.3, 0.4) is 0 Å². The highest BCUT2D eigenvalue weighted by atomic mass is 32.2. The number of primary sulfonamides is 1. The molecule has 1 aromatic carbocycles. The fourth-order valence-electron chi connectivity index (χ4n) is 1.80. The molecule has 0 amide bonds. The molecule has 0 aliphatic carbocycles. The number of aromatic nitrogens is 2. The molecule has 0 unspecified atom stereocenters. The second kappa shape index (κ2) is 6.06. The van der Waals surface area contributed by atoms with Crippen molar-refractivity contribution in [2.24, 2.45) is 16.6 Å². The van der Waals surface area contributed by atoms with E-state index in [1.165, 1.54) is 19.2 Å². The molecule has 0 aliphatic heterocycles. The second-order valence-electron chi connectivity index (χ2n) is 6.16. The zero-order valence-electron chi connectivity index (χ0n) is 13.6. The maximum Gasteiger partial charge on any atom is 0.285 e. The Kier molecular flexibility index (Phi) is 4.74. The molecule has 0 saturated heterocycles. The molecular weight excluding hydrogens is 372 g/mol. The van der Waals surface area contributed by atoms with E-state index in [-0.39, 0.29) is 15.1 Å². The maximum atomic E-state index is 12.4. The summed E-state index contributed by atoms with van der Waals surface area (Å²) in [4.78, 5) is -0.0695. The van der Waals surface area contributed by atoms with E-state index >= 15 is 0 Å². The van der Waals surface area contributed by atoms with Gasteiger partial charge in [-0.2, -0.15) is 8.42 Å². The Morgan fingerprint density at radius 3 is 2.08 bits per heavy atom. The highest BCUT2D eigenvalue weighted by Gasteiger charge is 2.19. The van der Waals surface area contributed by atoms with Crippen molar-refractivity contribution < 1.29 is 16.8 Å². The summed E-state index contributed by atoms with van der Waals surface area (Å²) in [5, 5.41) is 8.66. The van der Waals surface area contributed by atoms with Crippen LogP contribution in [-0.2, 0) is 32.5 Å². The van der Waals surface area contributed by atoms with Crippen LogP contribution in [0.2, 0.25) is 0 Å². The van der Waals surface area contributed by atoms with Gasteiger partial charge in [0.1, 0.15) is 0 Å². The minimum Gasteiger partial charge on any atom is -0.239 e. The first-order chi connectivity index (χ1) is 10.8. The molecule has 0 atom stereocenters. The van der Waals surface area contributed by atoms with Gasteiger partial charge in [-0.3, -0.25) is 0 Å². The van der Waals surface area contributed by atoms with Crippen molar-refractivity contribution in [3.63, 3.8) is 0 Å². The first-order valence-electron chi connectivity index (χ1n) is 6.79. The predicted molar refractivity (Wildman–Crippen MR) is 90.3 cm³/mol. The van der Waals surface area contributed by atoms with Gasteiger partial charge in [0.15, 0.2) is 0 Å². The van der Waals surface area contributed by atoms with Crippen molar-refractivity contribution in [1.82, 2.24) is 9.78 Å². The normalized spacial score (nSPS) is 14.1. The van der Waals surface area contributed by atoms with E-state index in [2.05, 4.69) is 9.50 Å². The number of hydrogen-bond acceptors (Lipinski definition) is 6.